The van der Waals surface area contributed by atoms with Crippen molar-refractivity contribution in [3.63, 3.8) is 0 Å². The highest BCUT2D eigenvalue weighted by Crippen LogP contribution is 2.29. The van der Waals surface area contributed by atoms with E-state index in [4.69, 9.17) is 4.99 Å². The molecular formula is C19H27N3OS. The molecule has 5 heteroatoms. The Morgan fingerprint density at radius 1 is 1.25 bits per heavy atom. The summed E-state index contributed by atoms with van der Waals surface area (Å²) in [4.78, 5) is 21.4. The first kappa shape index (κ1) is 17.3. The zero-order chi connectivity index (χ0) is 16.9. The van der Waals surface area contributed by atoms with Crippen LogP contribution in [-0.2, 0) is 11.3 Å². The van der Waals surface area contributed by atoms with Crippen LogP contribution in [0.4, 0.5) is 0 Å². The van der Waals surface area contributed by atoms with E-state index < -0.39 is 0 Å². The maximum Gasteiger partial charge on any atom is 0.221 e. The number of thioether (sulfide) groups is 1. The lowest BCUT2D eigenvalue weighted by Crippen LogP contribution is -2.47. The van der Waals surface area contributed by atoms with E-state index in [9.17, 15) is 4.79 Å². The van der Waals surface area contributed by atoms with Gasteiger partial charge in [-0.25, -0.2) is 0 Å². The Hall–Kier alpha value is -1.49. The summed E-state index contributed by atoms with van der Waals surface area (Å²) in [5.74, 6) is 1.02. The van der Waals surface area contributed by atoms with Gasteiger partial charge >= 0.3 is 0 Å². The van der Waals surface area contributed by atoms with Gasteiger partial charge < -0.3 is 9.80 Å². The van der Waals surface area contributed by atoms with Crippen LogP contribution < -0.4 is 0 Å². The Balaban J connectivity index is 1.70. The Labute approximate surface area is 149 Å². The van der Waals surface area contributed by atoms with Crippen molar-refractivity contribution < 1.29 is 4.79 Å². The number of rotatable bonds is 4. The summed E-state index contributed by atoms with van der Waals surface area (Å²) in [5.41, 5.74) is 1.17. The van der Waals surface area contributed by atoms with Crippen molar-refractivity contribution in [1.82, 2.24) is 9.80 Å². The van der Waals surface area contributed by atoms with Gasteiger partial charge in [-0.05, 0) is 18.4 Å². The fourth-order valence-electron chi connectivity index (χ4n) is 3.49. The molecule has 0 N–H and O–H groups in total. The number of hydrogen-bond acceptors (Lipinski definition) is 3. The first-order valence-electron chi connectivity index (χ1n) is 8.89. The van der Waals surface area contributed by atoms with E-state index in [1.165, 1.54) is 37.7 Å². The molecule has 0 spiro atoms. The maximum absolute atomic E-state index is 12.2. The van der Waals surface area contributed by atoms with E-state index in [1.807, 2.05) is 23.1 Å². The van der Waals surface area contributed by atoms with E-state index in [0.29, 0.717) is 12.6 Å². The minimum Gasteiger partial charge on any atom is -0.333 e. The average molecular weight is 346 g/mol. The van der Waals surface area contributed by atoms with E-state index in [0.717, 1.165) is 10.9 Å². The summed E-state index contributed by atoms with van der Waals surface area (Å²) in [6.45, 7) is 2.32. The molecule has 3 rings (SSSR count). The van der Waals surface area contributed by atoms with Crippen LogP contribution >= 0.6 is 11.8 Å². The monoisotopic (exact) mass is 345 g/mol. The molecule has 4 nitrogen and oxygen atoms in total. The van der Waals surface area contributed by atoms with Gasteiger partial charge in [0.2, 0.25) is 5.91 Å². The highest BCUT2D eigenvalue weighted by Gasteiger charge is 2.34. The van der Waals surface area contributed by atoms with Crippen molar-refractivity contribution in [2.45, 2.75) is 57.8 Å². The van der Waals surface area contributed by atoms with Crippen LogP contribution in [0.5, 0.6) is 0 Å². The van der Waals surface area contributed by atoms with Crippen molar-refractivity contribution in [3.8, 4) is 0 Å². The molecule has 0 radical (unpaired) electrons. The van der Waals surface area contributed by atoms with Crippen molar-refractivity contribution >= 4 is 22.8 Å². The molecule has 1 unspecified atom stereocenters. The summed E-state index contributed by atoms with van der Waals surface area (Å²) < 4.78 is 0. The fourth-order valence-corrected chi connectivity index (χ4v) is 4.74. The summed E-state index contributed by atoms with van der Waals surface area (Å²) in [5, 5.41) is 1.10. The van der Waals surface area contributed by atoms with Crippen LogP contribution in [0.1, 0.15) is 44.6 Å². The molecule has 1 saturated carbocycles. The van der Waals surface area contributed by atoms with Crippen LogP contribution in [0.2, 0.25) is 0 Å². The molecule has 1 heterocycles. The third-order valence-corrected chi connectivity index (χ3v) is 6.05. The number of hydrogen-bond donors (Lipinski definition) is 0. The normalized spacial score (nSPS) is 23.7. The quantitative estimate of drug-likeness (QED) is 0.834. The summed E-state index contributed by atoms with van der Waals surface area (Å²) >= 11 is 1.79. The lowest BCUT2D eigenvalue weighted by Gasteiger charge is -2.33. The van der Waals surface area contributed by atoms with E-state index in [-0.39, 0.29) is 12.1 Å². The molecule has 0 aromatic heterocycles. The molecule has 1 aliphatic carbocycles. The molecule has 2 fully saturated rings. The van der Waals surface area contributed by atoms with Crippen molar-refractivity contribution in [2.75, 3.05) is 12.8 Å². The average Bonchev–Trinajstić information content (AvgIpc) is 2.95. The Bertz CT molecular complexity index is 584. The van der Waals surface area contributed by atoms with Gasteiger partial charge in [0.05, 0.1) is 6.04 Å². The van der Waals surface area contributed by atoms with Crippen molar-refractivity contribution in [3.05, 3.63) is 35.9 Å². The van der Waals surface area contributed by atoms with E-state index in [1.54, 1.807) is 18.7 Å². The summed E-state index contributed by atoms with van der Waals surface area (Å²) in [7, 11) is 2.08. The molecule has 1 aromatic rings. The van der Waals surface area contributed by atoms with Crippen LogP contribution in [-0.4, -0.2) is 45.9 Å². The number of benzene rings is 1. The smallest absolute Gasteiger partial charge is 0.221 e. The van der Waals surface area contributed by atoms with Gasteiger partial charge in [0.1, 0.15) is 6.17 Å². The van der Waals surface area contributed by atoms with Crippen LogP contribution in [0.3, 0.4) is 0 Å². The first-order valence-corrected chi connectivity index (χ1v) is 9.88. The van der Waals surface area contributed by atoms with Gasteiger partial charge in [-0.2, -0.15) is 0 Å². The van der Waals surface area contributed by atoms with E-state index in [2.05, 4.69) is 24.1 Å². The summed E-state index contributed by atoms with van der Waals surface area (Å²) in [6.07, 6.45) is 6.46. The first-order chi connectivity index (χ1) is 11.6. The third kappa shape index (κ3) is 4.12. The summed E-state index contributed by atoms with van der Waals surface area (Å²) in [6, 6.07) is 10.7. The van der Waals surface area contributed by atoms with Crippen molar-refractivity contribution in [1.29, 1.82) is 0 Å². The molecule has 1 saturated heterocycles. The maximum atomic E-state index is 12.2. The van der Waals surface area contributed by atoms with Crippen LogP contribution in [0.25, 0.3) is 0 Å². The van der Waals surface area contributed by atoms with Crippen LogP contribution in [0, 0.1) is 0 Å². The predicted molar refractivity (Wildman–Crippen MR) is 101 cm³/mol. The van der Waals surface area contributed by atoms with Gasteiger partial charge in [-0.1, -0.05) is 61.4 Å². The second-order valence-corrected chi connectivity index (χ2v) is 7.73. The molecule has 1 aliphatic heterocycles. The SMILES string of the molecule is CC(=O)N(Cc1ccccc1)C1CSC(=NC2CCCCC2)N1C. The number of carbonyl (C=O) groups excluding carboxylic acids is 1. The second-order valence-electron chi connectivity index (χ2n) is 6.74. The molecule has 2 aliphatic rings. The number of nitrogens with zero attached hydrogens (tertiary/aromatic N) is 3. The molecule has 1 atom stereocenters. The lowest BCUT2D eigenvalue weighted by molar-refractivity contribution is -0.133. The molecule has 0 bridgehead atoms. The standard InChI is InChI=1S/C19H27N3OS/c1-15(23)22(13-16-9-5-3-6-10-16)18-14-24-19(21(18)2)20-17-11-7-4-8-12-17/h3,5-6,9-10,17-18H,4,7-8,11-14H2,1-2H3. The second kappa shape index (κ2) is 8.06. The minimum absolute atomic E-state index is 0.0926. The van der Waals surface area contributed by atoms with E-state index >= 15 is 0 Å². The number of carbonyl (C=O) groups is 1. The van der Waals surface area contributed by atoms with Crippen LogP contribution in [0.15, 0.2) is 35.3 Å². The Morgan fingerprint density at radius 2 is 1.96 bits per heavy atom. The largest absolute Gasteiger partial charge is 0.333 e. The van der Waals surface area contributed by atoms with Gasteiger partial charge in [0.15, 0.2) is 5.17 Å². The van der Waals surface area contributed by atoms with Gasteiger partial charge in [0.25, 0.3) is 0 Å². The predicted octanol–water partition coefficient (Wildman–Crippen LogP) is 3.73. The zero-order valence-corrected chi connectivity index (χ0v) is 15.5. The number of amides is 1. The minimum atomic E-state index is 0.0926. The molecular weight excluding hydrogens is 318 g/mol. The van der Waals surface area contributed by atoms with Crippen molar-refractivity contribution in [2.24, 2.45) is 4.99 Å². The number of aliphatic imine (C=N–C) groups is 1. The third-order valence-electron chi connectivity index (χ3n) is 4.94. The zero-order valence-electron chi connectivity index (χ0n) is 14.6. The fraction of sp³-hybridized carbons (Fsp3) is 0.579. The molecule has 1 amide bonds. The topological polar surface area (TPSA) is 35.9 Å². The highest BCUT2D eigenvalue weighted by molar-refractivity contribution is 8.14. The molecule has 1 aromatic carbocycles. The Morgan fingerprint density at radius 3 is 2.62 bits per heavy atom. The number of amidine groups is 1. The lowest BCUT2D eigenvalue weighted by atomic mass is 9.96. The molecule has 130 valence electrons. The van der Waals surface area contributed by atoms with Gasteiger partial charge in [-0.3, -0.25) is 9.79 Å². The highest BCUT2D eigenvalue weighted by atomic mass is 32.2. The van der Waals surface area contributed by atoms with Gasteiger partial charge in [0, 0.05) is 26.3 Å². The molecule has 24 heavy (non-hydrogen) atoms. The van der Waals surface area contributed by atoms with Gasteiger partial charge in [-0.15, -0.1) is 0 Å². The Kier molecular flexibility index (Phi) is 5.82.